The quantitative estimate of drug-likeness (QED) is 0.580. The number of anilines is 2. The molecule has 3 heterocycles. The molecule has 1 fully saturated rings. The molecule has 0 unspecified atom stereocenters. The second-order valence-electron chi connectivity index (χ2n) is 9.06. The minimum Gasteiger partial charge on any atom is -0.366 e. The Hall–Kier alpha value is -3.36. The minimum atomic E-state index is 0.726. The summed E-state index contributed by atoms with van der Waals surface area (Å²) in [6.07, 6.45) is 4.48. The zero-order valence-electron chi connectivity index (χ0n) is 19.1. The molecular formula is C28H31N5. The molecule has 33 heavy (non-hydrogen) atoms. The monoisotopic (exact) mass is 437 g/mol. The van der Waals surface area contributed by atoms with E-state index in [1.165, 1.54) is 41.5 Å². The number of hydrogen-bond donors (Lipinski definition) is 1. The maximum atomic E-state index is 10.2. The average molecular weight is 438 g/mol. The summed E-state index contributed by atoms with van der Waals surface area (Å²) in [6.45, 7) is 5.37. The summed E-state index contributed by atoms with van der Waals surface area (Å²) in [5, 5.41) is 13.8. The summed E-state index contributed by atoms with van der Waals surface area (Å²) in [5.74, 6) is 1.81. The molecule has 1 saturated heterocycles. The predicted octanol–water partition coefficient (Wildman–Crippen LogP) is 5.11. The van der Waals surface area contributed by atoms with Gasteiger partial charge in [0, 0.05) is 44.8 Å². The van der Waals surface area contributed by atoms with Crippen molar-refractivity contribution in [3.8, 4) is 6.07 Å². The van der Waals surface area contributed by atoms with Crippen molar-refractivity contribution in [1.82, 2.24) is 9.88 Å². The lowest BCUT2D eigenvalue weighted by molar-refractivity contribution is 0.245. The van der Waals surface area contributed by atoms with E-state index < -0.39 is 0 Å². The Labute approximate surface area is 196 Å². The molecule has 0 atom stereocenters. The summed E-state index contributed by atoms with van der Waals surface area (Å²) in [4.78, 5) is 9.90. The van der Waals surface area contributed by atoms with E-state index in [-0.39, 0.29) is 0 Å². The molecule has 0 radical (unpaired) electrons. The molecule has 0 bridgehead atoms. The van der Waals surface area contributed by atoms with Gasteiger partial charge in [-0.3, -0.25) is 4.90 Å². The zero-order valence-corrected chi connectivity index (χ0v) is 19.1. The maximum Gasteiger partial charge on any atom is 0.149 e. The molecule has 0 spiro atoms. The van der Waals surface area contributed by atoms with Crippen LogP contribution in [0.1, 0.15) is 47.1 Å². The maximum absolute atomic E-state index is 10.2. The molecule has 168 valence electrons. The van der Waals surface area contributed by atoms with Gasteiger partial charge in [0.05, 0.1) is 5.56 Å². The van der Waals surface area contributed by atoms with Crippen LogP contribution in [0.5, 0.6) is 0 Å². The third kappa shape index (κ3) is 4.86. The van der Waals surface area contributed by atoms with Crippen LogP contribution in [0, 0.1) is 11.3 Å². The highest BCUT2D eigenvalue weighted by Crippen LogP contribution is 2.35. The van der Waals surface area contributed by atoms with Gasteiger partial charge in [-0.15, -0.1) is 0 Å². The second kappa shape index (κ2) is 10.1. The molecule has 5 nitrogen and oxygen atoms in total. The Kier molecular flexibility index (Phi) is 6.55. The van der Waals surface area contributed by atoms with Gasteiger partial charge in [0.1, 0.15) is 17.7 Å². The van der Waals surface area contributed by atoms with Crippen LogP contribution in [-0.2, 0) is 26.1 Å². The van der Waals surface area contributed by atoms with Crippen molar-refractivity contribution in [1.29, 1.82) is 5.26 Å². The number of pyridine rings is 1. The van der Waals surface area contributed by atoms with Crippen LogP contribution in [-0.4, -0.2) is 29.5 Å². The van der Waals surface area contributed by atoms with Crippen LogP contribution in [0.3, 0.4) is 0 Å². The highest BCUT2D eigenvalue weighted by Gasteiger charge is 2.28. The number of nitrogens with zero attached hydrogens (tertiary/aromatic N) is 4. The molecule has 5 rings (SSSR count). The van der Waals surface area contributed by atoms with Crippen molar-refractivity contribution in [3.05, 3.63) is 88.5 Å². The van der Waals surface area contributed by atoms with E-state index in [0.717, 1.165) is 62.9 Å². The van der Waals surface area contributed by atoms with Crippen LogP contribution < -0.4 is 10.2 Å². The van der Waals surface area contributed by atoms with Crippen molar-refractivity contribution < 1.29 is 0 Å². The van der Waals surface area contributed by atoms with Crippen LogP contribution in [0.2, 0.25) is 0 Å². The van der Waals surface area contributed by atoms with Crippen LogP contribution in [0.15, 0.2) is 60.7 Å². The Balaban J connectivity index is 1.48. The first-order valence-corrected chi connectivity index (χ1v) is 12.1. The SMILES string of the molecule is N#Cc1c(N2CCCCC2)nc(NCc2ccccc2)c2c1CCN(Cc1ccccc1)C2. The topological polar surface area (TPSA) is 55.2 Å². The number of rotatable bonds is 6. The fourth-order valence-corrected chi connectivity index (χ4v) is 5.03. The van der Waals surface area contributed by atoms with E-state index >= 15 is 0 Å². The smallest absolute Gasteiger partial charge is 0.149 e. The Morgan fingerprint density at radius 2 is 1.55 bits per heavy atom. The lowest BCUT2D eigenvalue weighted by Crippen LogP contribution is -2.35. The minimum absolute atomic E-state index is 0.726. The van der Waals surface area contributed by atoms with Gasteiger partial charge in [0.25, 0.3) is 0 Å². The molecule has 0 saturated carbocycles. The molecule has 5 heteroatoms. The highest BCUT2D eigenvalue weighted by molar-refractivity contribution is 5.67. The van der Waals surface area contributed by atoms with Gasteiger partial charge in [-0.25, -0.2) is 4.98 Å². The van der Waals surface area contributed by atoms with Crippen molar-refractivity contribution in [2.45, 2.75) is 45.3 Å². The number of fused-ring (bicyclic) bond motifs is 1. The molecule has 1 aromatic heterocycles. The fraction of sp³-hybridized carbons (Fsp3) is 0.357. The van der Waals surface area contributed by atoms with Crippen molar-refractivity contribution in [2.24, 2.45) is 0 Å². The van der Waals surface area contributed by atoms with Gasteiger partial charge in [-0.05, 0) is 42.4 Å². The van der Waals surface area contributed by atoms with Gasteiger partial charge in [0.2, 0.25) is 0 Å². The van der Waals surface area contributed by atoms with Gasteiger partial charge < -0.3 is 10.2 Å². The number of nitriles is 1. The van der Waals surface area contributed by atoms with E-state index in [2.05, 4.69) is 75.8 Å². The van der Waals surface area contributed by atoms with E-state index in [4.69, 9.17) is 4.98 Å². The fourth-order valence-electron chi connectivity index (χ4n) is 5.03. The predicted molar refractivity (Wildman–Crippen MR) is 133 cm³/mol. The first-order valence-electron chi connectivity index (χ1n) is 12.1. The molecule has 0 amide bonds. The van der Waals surface area contributed by atoms with Crippen molar-refractivity contribution >= 4 is 11.6 Å². The van der Waals surface area contributed by atoms with Crippen LogP contribution in [0.4, 0.5) is 11.6 Å². The lowest BCUT2D eigenvalue weighted by Gasteiger charge is -2.34. The van der Waals surface area contributed by atoms with Crippen molar-refractivity contribution in [3.63, 3.8) is 0 Å². The summed E-state index contributed by atoms with van der Waals surface area (Å²) in [6, 6.07) is 23.6. The highest BCUT2D eigenvalue weighted by atomic mass is 15.2. The molecule has 0 aliphatic carbocycles. The second-order valence-corrected chi connectivity index (χ2v) is 9.06. The Morgan fingerprint density at radius 1 is 0.848 bits per heavy atom. The van der Waals surface area contributed by atoms with Gasteiger partial charge in [0.15, 0.2) is 0 Å². The first-order chi connectivity index (χ1) is 16.3. The Bertz CT molecular complexity index is 1110. The molecule has 2 aromatic carbocycles. The lowest BCUT2D eigenvalue weighted by atomic mass is 9.94. The number of aromatic nitrogens is 1. The largest absolute Gasteiger partial charge is 0.366 e. The van der Waals surface area contributed by atoms with Crippen molar-refractivity contribution in [2.75, 3.05) is 29.9 Å². The van der Waals surface area contributed by atoms with E-state index in [9.17, 15) is 5.26 Å². The third-order valence-corrected chi connectivity index (χ3v) is 6.77. The molecule has 1 N–H and O–H groups in total. The summed E-state index contributed by atoms with van der Waals surface area (Å²) in [5.41, 5.74) is 5.71. The van der Waals surface area contributed by atoms with Crippen LogP contribution in [0.25, 0.3) is 0 Å². The van der Waals surface area contributed by atoms with E-state index in [0.29, 0.717) is 0 Å². The number of piperidine rings is 1. The standard InChI is InChI=1S/C28H31N5/c29-18-25-24-14-17-32(20-23-12-6-2-7-13-23)21-26(24)27(30-19-22-10-4-1-5-11-22)31-28(25)33-15-8-3-9-16-33/h1-2,4-7,10-13H,3,8-9,14-17,19-21H2,(H,30,31). The van der Waals surface area contributed by atoms with E-state index in [1.807, 2.05) is 6.07 Å². The van der Waals surface area contributed by atoms with Gasteiger partial charge in [-0.2, -0.15) is 5.26 Å². The Morgan fingerprint density at radius 3 is 2.24 bits per heavy atom. The zero-order chi connectivity index (χ0) is 22.5. The average Bonchev–Trinajstić information content (AvgIpc) is 2.88. The normalized spacial score (nSPS) is 16.2. The molecule has 2 aliphatic heterocycles. The molecule has 3 aromatic rings. The first kappa shape index (κ1) is 21.5. The van der Waals surface area contributed by atoms with Gasteiger partial charge in [-0.1, -0.05) is 60.7 Å². The molecular weight excluding hydrogens is 406 g/mol. The number of hydrogen-bond acceptors (Lipinski definition) is 5. The van der Waals surface area contributed by atoms with E-state index in [1.54, 1.807) is 0 Å². The summed E-state index contributed by atoms with van der Waals surface area (Å²) < 4.78 is 0. The number of benzene rings is 2. The van der Waals surface area contributed by atoms with Gasteiger partial charge >= 0.3 is 0 Å². The molecule has 2 aliphatic rings. The van der Waals surface area contributed by atoms with Crippen LogP contribution >= 0.6 is 0 Å². The number of nitrogens with one attached hydrogen (secondary N) is 1. The third-order valence-electron chi connectivity index (χ3n) is 6.77. The summed E-state index contributed by atoms with van der Waals surface area (Å²) in [7, 11) is 0. The summed E-state index contributed by atoms with van der Waals surface area (Å²) >= 11 is 0.